The molecule has 1 aromatic rings. The molecule has 1 atom stereocenters. The Bertz CT molecular complexity index is 428. The lowest BCUT2D eigenvalue weighted by Crippen LogP contribution is -2.26. The lowest BCUT2D eigenvalue weighted by Gasteiger charge is -2.22. The van der Waals surface area contributed by atoms with E-state index in [4.69, 9.17) is 9.47 Å². The molecule has 1 heterocycles. The molecule has 1 aliphatic rings. The average Bonchev–Trinajstić information content (AvgIpc) is 2.37. The highest BCUT2D eigenvalue weighted by Gasteiger charge is 2.18. The molecular formula is C13H14F2O3. The van der Waals surface area contributed by atoms with E-state index in [0.717, 1.165) is 31.4 Å². The van der Waals surface area contributed by atoms with E-state index in [2.05, 4.69) is 0 Å². The van der Waals surface area contributed by atoms with Crippen LogP contribution in [0.3, 0.4) is 0 Å². The molecule has 0 radical (unpaired) electrons. The standard InChI is InChI=1S/C13H14F2O3/c14-9-4-5-11(12(15)7-9)13(16)18-8-10-3-1-2-6-17-10/h4-5,7,10H,1-3,6,8H2. The Balaban J connectivity index is 1.90. The van der Waals surface area contributed by atoms with Gasteiger partial charge < -0.3 is 9.47 Å². The maximum absolute atomic E-state index is 13.3. The smallest absolute Gasteiger partial charge is 0.341 e. The maximum atomic E-state index is 13.3. The summed E-state index contributed by atoms with van der Waals surface area (Å²) in [7, 11) is 0. The summed E-state index contributed by atoms with van der Waals surface area (Å²) in [6.07, 6.45) is 2.76. The predicted molar refractivity (Wildman–Crippen MR) is 60.2 cm³/mol. The van der Waals surface area contributed by atoms with Gasteiger partial charge in [0.2, 0.25) is 0 Å². The van der Waals surface area contributed by atoms with Gasteiger partial charge in [0.25, 0.3) is 0 Å². The van der Waals surface area contributed by atoms with Crippen LogP contribution >= 0.6 is 0 Å². The summed E-state index contributed by atoms with van der Waals surface area (Å²) >= 11 is 0. The van der Waals surface area contributed by atoms with Gasteiger partial charge >= 0.3 is 5.97 Å². The number of rotatable bonds is 3. The zero-order valence-corrected chi connectivity index (χ0v) is 9.83. The highest BCUT2D eigenvalue weighted by molar-refractivity contribution is 5.89. The molecule has 2 rings (SSSR count). The van der Waals surface area contributed by atoms with Gasteiger partial charge in [-0.1, -0.05) is 0 Å². The first-order chi connectivity index (χ1) is 8.66. The van der Waals surface area contributed by atoms with Crippen LogP contribution in [0.4, 0.5) is 8.78 Å². The third-order valence-electron chi connectivity index (χ3n) is 2.83. The molecule has 5 heteroatoms. The van der Waals surface area contributed by atoms with Crippen LogP contribution in [-0.2, 0) is 9.47 Å². The minimum atomic E-state index is -0.912. The molecule has 18 heavy (non-hydrogen) atoms. The molecule has 1 aliphatic heterocycles. The molecule has 0 aromatic heterocycles. The molecule has 1 aromatic carbocycles. The second-order valence-electron chi connectivity index (χ2n) is 4.21. The largest absolute Gasteiger partial charge is 0.459 e. The zero-order chi connectivity index (χ0) is 13.0. The molecule has 1 fully saturated rings. The van der Waals surface area contributed by atoms with E-state index >= 15 is 0 Å². The van der Waals surface area contributed by atoms with E-state index < -0.39 is 17.6 Å². The molecule has 98 valence electrons. The number of esters is 1. The van der Waals surface area contributed by atoms with Crippen molar-refractivity contribution in [3.05, 3.63) is 35.4 Å². The molecule has 0 bridgehead atoms. The predicted octanol–water partition coefficient (Wildman–Crippen LogP) is 2.69. The lowest BCUT2D eigenvalue weighted by molar-refractivity contribution is -0.0302. The van der Waals surface area contributed by atoms with Gasteiger partial charge in [0.05, 0.1) is 11.7 Å². The topological polar surface area (TPSA) is 35.5 Å². The molecule has 0 saturated carbocycles. The molecule has 0 spiro atoms. The third-order valence-corrected chi connectivity index (χ3v) is 2.83. The maximum Gasteiger partial charge on any atom is 0.341 e. The average molecular weight is 256 g/mol. The van der Waals surface area contributed by atoms with Crippen molar-refractivity contribution in [1.29, 1.82) is 0 Å². The summed E-state index contributed by atoms with van der Waals surface area (Å²) in [4.78, 5) is 11.6. The summed E-state index contributed by atoms with van der Waals surface area (Å²) in [6, 6.07) is 2.76. The Morgan fingerprint density at radius 1 is 1.39 bits per heavy atom. The Hall–Kier alpha value is -1.49. The summed E-state index contributed by atoms with van der Waals surface area (Å²) in [5, 5.41) is 0. The molecule has 0 aliphatic carbocycles. The molecule has 0 amide bonds. The fourth-order valence-corrected chi connectivity index (χ4v) is 1.84. The molecule has 0 N–H and O–H groups in total. The van der Waals surface area contributed by atoms with Gasteiger partial charge in [-0.05, 0) is 31.4 Å². The summed E-state index contributed by atoms with van der Waals surface area (Å²) < 4.78 is 36.3. The SMILES string of the molecule is O=C(OCC1CCCCO1)c1ccc(F)cc1F. The summed E-state index contributed by atoms with van der Waals surface area (Å²) in [6.45, 7) is 0.767. The zero-order valence-electron chi connectivity index (χ0n) is 9.83. The number of hydrogen-bond donors (Lipinski definition) is 0. The normalized spacial score (nSPS) is 19.6. The van der Waals surface area contributed by atoms with E-state index in [-0.39, 0.29) is 18.3 Å². The number of ether oxygens (including phenoxy) is 2. The van der Waals surface area contributed by atoms with Gasteiger partial charge in [-0.15, -0.1) is 0 Å². The lowest BCUT2D eigenvalue weighted by atomic mass is 10.1. The van der Waals surface area contributed by atoms with Crippen molar-refractivity contribution in [2.75, 3.05) is 13.2 Å². The fourth-order valence-electron chi connectivity index (χ4n) is 1.84. The number of benzene rings is 1. The first-order valence-electron chi connectivity index (χ1n) is 5.90. The van der Waals surface area contributed by atoms with Crippen LogP contribution in [0.1, 0.15) is 29.6 Å². The number of halogens is 2. The first kappa shape index (κ1) is 13.0. The van der Waals surface area contributed by atoms with E-state index in [9.17, 15) is 13.6 Å². The van der Waals surface area contributed by atoms with Crippen LogP contribution in [0, 0.1) is 11.6 Å². The van der Waals surface area contributed by atoms with Crippen molar-refractivity contribution >= 4 is 5.97 Å². The van der Waals surface area contributed by atoms with Crippen LogP contribution < -0.4 is 0 Å². The Morgan fingerprint density at radius 3 is 2.89 bits per heavy atom. The summed E-state index contributed by atoms with van der Waals surface area (Å²) in [5.74, 6) is -2.43. The second kappa shape index (κ2) is 5.91. The molecular weight excluding hydrogens is 242 g/mol. The van der Waals surface area contributed by atoms with Crippen LogP contribution in [0.25, 0.3) is 0 Å². The van der Waals surface area contributed by atoms with Crippen LogP contribution in [0.5, 0.6) is 0 Å². The van der Waals surface area contributed by atoms with E-state index in [1.165, 1.54) is 0 Å². The number of carbonyl (C=O) groups excluding carboxylic acids is 1. The fraction of sp³-hybridized carbons (Fsp3) is 0.462. The van der Waals surface area contributed by atoms with Crippen molar-refractivity contribution in [3.8, 4) is 0 Å². The monoisotopic (exact) mass is 256 g/mol. The van der Waals surface area contributed by atoms with E-state index in [0.29, 0.717) is 12.7 Å². The Labute approximate surface area is 104 Å². The van der Waals surface area contributed by atoms with Gasteiger partial charge in [0.15, 0.2) is 0 Å². The second-order valence-corrected chi connectivity index (χ2v) is 4.21. The number of hydrogen-bond acceptors (Lipinski definition) is 3. The Kier molecular flexibility index (Phi) is 4.25. The molecule has 1 unspecified atom stereocenters. The highest BCUT2D eigenvalue weighted by Crippen LogP contribution is 2.15. The van der Waals surface area contributed by atoms with E-state index in [1.54, 1.807) is 0 Å². The van der Waals surface area contributed by atoms with Crippen molar-refractivity contribution in [1.82, 2.24) is 0 Å². The van der Waals surface area contributed by atoms with Gasteiger partial charge in [-0.3, -0.25) is 0 Å². The van der Waals surface area contributed by atoms with Gasteiger partial charge in [-0.25, -0.2) is 13.6 Å². The molecule has 3 nitrogen and oxygen atoms in total. The minimum Gasteiger partial charge on any atom is -0.459 e. The van der Waals surface area contributed by atoms with Gasteiger partial charge in [0.1, 0.15) is 18.2 Å². The van der Waals surface area contributed by atoms with Crippen molar-refractivity contribution in [2.24, 2.45) is 0 Å². The van der Waals surface area contributed by atoms with Gasteiger partial charge in [-0.2, -0.15) is 0 Å². The van der Waals surface area contributed by atoms with Crippen LogP contribution in [-0.4, -0.2) is 25.3 Å². The summed E-state index contributed by atoms with van der Waals surface area (Å²) in [5.41, 5.74) is -0.257. The van der Waals surface area contributed by atoms with Crippen LogP contribution in [0.2, 0.25) is 0 Å². The molecule has 1 saturated heterocycles. The van der Waals surface area contributed by atoms with Crippen molar-refractivity contribution in [3.63, 3.8) is 0 Å². The highest BCUT2D eigenvalue weighted by atomic mass is 19.1. The van der Waals surface area contributed by atoms with Crippen molar-refractivity contribution in [2.45, 2.75) is 25.4 Å². The first-order valence-corrected chi connectivity index (χ1v) is 5.90. The number of carbonyl (C=O) groups is 1. The van der Waals surface area contributed by atoms with Gasteiger partial charge in [0, 0.05) is 12.7 Å². The van der Waals surface area contributed by atoms with Crippen molar-refractivity contribution < 1.29 is 23.0 Å². The van der Waals surface area contributed by atoms with E-state index in [1.807, 2.05) is 0 Å². The minimum absolute atomic E-state index is 0.107. The Morgan fingerprint density at radius 2 is 2.22 bits per heavy atom. The third kappa shape index (κ3) is 3.26. The van der Waals surface area contributed by atoms with Crippen LogP contribution in [0.15, 0.2) is 18.2 Å². The quantitative estimate of drug-likeness (QED) is 0.780.